The zero-order chi connectivity index (χ0) is 14.7. The van der Waals surface area contributed by atoms with Gasteiger partial charge in [0, 0.05) is 16.6 Å². The predicted octanol–water partition coefficient (Wildman–Crippen LogP) is 2.39. The van der Waals surface area contributed by atoms with Gasteiger partial charge in [-0.2, -0.15) is 0 Å². The standard InChI is InChI=1S/C13H15BrN2O4/c14-8-1-6-11(12(7-8)16(19)20)13(18)15-9-2-4-10(17)5-3-9/h1,6-7,9-10,17H,2-5H2,(H,15,18). The van der Waals surface area contributed by atoms with Crippen LogP contribution in [0.15, 0.2) is 22.7 Å². The van der Waals surface area contributed by atoms with E-state index in [1.165, 1.54) is 12.1 Å². The van der Waals surface area contributed by atoms with Crippen molar-refractivity contribution >= 4 is 27.5 Å². The fourth-order valence-corrected chi connectivity index (χ4v) is 2.68. The lowest BCUT2D eigenvalue weighted by Crippen LogP contribution is -2.38. The van der Waals surface area contributed by atoms with Crippen LogP contribution in [-0.2, 0) is 0 Å². The maximum Gasteiger partial charge on any atom is 0.283 e. The average molecular weight is 343 g/mol. The molecule has 0 saturated heterocycles. The molecule has 108 valence electrons. The lowest BCUT2D eigenvalue weighted by Gasteiger charge is -2.26. The van der Waals surface area contributed by atoms with Gasteiger partial charge in [-0.05, 0) is 37.8 Å². The van der Waals surface area contributed by atoms with Crippen LogP contribution in [0.1, 0.15) is 36.0 Å². The van der Waals surface area contributed by atoms with E-state index >= 15 is 0 Å². The van der Waals surface area contributed by atoms with E-state index in [2.05, 4.69) is 21.2 Å². The third-order valence-electron chi connectivity index (χ3n) is 3.43. The van der Waals surface area contributed by atoms with Gasteiger partial charge < -0.3 is 10.4 Å². The van der Waals surface area contributed by atoms with E-state index in [0.717, 1.165) is 0 Å². The Kier molecular flexibility index (Phi) is 4.72. The number of carbonyl (C=O) groups excluding carboxylic acids is 1. The SMILES string of the molecule is O=C(NC1CCC(O)CC1)c1ccc(Br)cc1[N+](=O)[O-]. The van der Waals surface area contributed by atoms with E-state index in [0.29, 0.717) is 30.2 Å². The molecule has 1 aromatic carbocycles. The molecule has 0 aromatic heterocycles. The summed E-state index contributed by atoms with van der Waals surface area (Å²) >= 11 is 3.15. The van der Waals surface area contributed by atoms with E-state index in [4.69, 9.17) is 0 Å². The first-order valence-corrected chi connectivity index (χ1v) is 7.19. The van der Waals surface area contributed by atoms with Crippen LogP contribution < -0.4 is 5.32 Å². The Bertz CT molecular complexity index is 527. The van der Waals surface area contributed by atoms with E-state index in [-0.39, 0.29) is 23.4 Å². The third kappa shape index (κ3) is 3.55. The van der Waals surface area contributed by atoms with Crippen molar-refractivity contribution in [3.63, 3.8) is 0 Å². The molecule has 0 aliphatic heterocycles. The minimum atomic E-state index is -0.565. The Labute approximate surface area is 124 Å². The number of nitrogens with zero attached hydrogens (tertiary/aromatic N) is 1. The molecule has 0 radical (unpaired) electrons. The summed E-state index contributed by atoms with van der Waals surface area (Å²) in [7, 11) is 0. The number of aliphatic hydroxyl groups excluding tert-OH is 1. The molecule has 1 saturated carbocycles. The molecule has 2 rings (SSSR count). The molecule has 6 nitrogen and oxygen atoms in total. The van der Waals surface area contributed by atoms with Gasteiger partial charge in [0.2, 0.25) is 0 Å². The van der Waals surface area contributed by atoms with E-state index < -0.39 is 10.8 Å². The smallest absolute Gasteiger partial charge is 0.283 e. The number of nitro benzene ring substituents is 1. The van der Waals surface area contributed by atoms with Gasteiger partial charge in [0.25, 0.3) is 11.6 Å². The molecule has 1 fully saturated rings. The van der Waals surface area contributed by atoms with Crippen LogP contribution in [0.4, 0.5) is 5.69 Å². The van der Waals surface area contributed by atoms with E-state index in [1.807, 2.05) is 0 Å². The summed E-state index contributed by atoms with van der Waals surface area (Å²) in [5.41, 5.74) is -0.156. The van der Waals surface area contributed by atoms with Crippen LogP contribution in [0.5, 0.6) is 0 Å². The summed E-state index contributed by atoms with van der Waals surface area (Å²) in [4.78, 5) is 22.6. The number of hydrogen-bond acceptors (Lipinski definition) is 4. The second-order valence-electron chi connectivity index (χ2n) is 4.90. The second-order valence-corrected chi connectivity index (χ2v) is 5.81. The molecular formula is C13H15BrN2O4. The Balaban J connectivity index is 2.11. The van der Waals surface area contributed by atoms with Crippen molar-refractivity contribution in [2.75, 3.05) is 0 Å². The summed E-state index contributed by atoms with van der Waals surface area (Å²) in [6.45, 7) is 0. The van der Waals surface area contributed by atoms with Gasteiger partial charge in [-0.25, -0.2) is 0 Å². The molecule has 0 spiro atoms. The number of amides is 1. The highest BCUT2D eigenvalue weighted by molar-refractivity contribution is 9.10. The fraction of sp³-hybridized carbons (Fsp3) is 0.462. The van der Waals surface area contributed by atoms with Crippen molar-refractivity contribution in [3.8, 4) is 0 Å². The maximum atomic E-state index is 12.1. The van der Waals surface area contributed by atoms with Gasteiger partial charge in [-0.3, -0.25) is 14.9 Å². The Morgan fingerprint density at radius 2 is 2.00 bits per heavy atom. The van der Waals surface area contributed by atoms with Gasteiger partial charge in [0.15, 0.2) is 0 Å². The summed E-state index contributed by atoms with van der Waals surface area (Å²) in [5.74, 6) is -0.439. The topological polar surface area (TPSA) is 92.5 Å². The van der Waals surface area contributed by atoms with Crippen LogP contribution >= 0.6 is 15.9 Å². The third-order valence-corrected chi connectivity index (χ3v) is 3.93. The molecular weight excluding hydrogens is 328 g/mol. The first-order chi connectivity index (χ1) is 9.47. The summed E-state index contributed by atoms with van der Waals surface area (Å²) in [6, 6.07) is 4.33. The monoisotopic (exact) mass is 342 g/mol. The highest BCUT2D eigenvalue weighted by Gasteiger charge is 2.25. The minimum Gasteiger partial charge on any atom is -0.393 e. The first kappa shape index (κ1) is 14.9. The maximum absolute atomic E-state index is 12.1. The molecule has 7 heteroatoms. The van der Waals surface area contributed by atoms with Crippen molar-refractivity contribution in [2.24, 2.45) is 0 Å². The lowest BCUT2D eigenvalue weighted by atomic mass is 9.93. The first-order valence-electron chi connectivity index (χ1n) is 6.40. The molecule has 0 heterocycles. The molecule has 20 heavy (non-hydrogen) atoms. The molecule has 0 unspecified atom stereocenters. The number of nitrogens with one attached hydrogen (secondary N) is 1. The zero-order valence-corrected chi connectivity index (χ0v) is 12.3. The van der Waals surface area contributed by atoms with Crippen molar-refractivity contribution in [2.45, 2.75) is 37.8 Å². The quantitative estimate of drug-likeness (QED) is 0.651. The number of halogens is 1. The minimum absolute atomic E-state index is 0.0332. The number of aliphatic hydroxyl groups is 1. The Morgan fingerprint density at radius 3 is 2.60 bits per heavy atom. The zero-order valence-electron chi connectivity index (χ0n) is 10.7. The van der Waals surface area contributed by atoms with Crippen molar-refractivity contribution in [1.82, 2.24) is 5.32 Å². The Morgan fingerprint density at radius 1 is 1.35 bits per heavy atom. The molecule has 0 atom stereocenters. The lowest BCUT2D eigenvalue weighted by molar-refractivity contribution is -0.385. The second kappa shape index (κ2) is 6.32. The molecule has 1 aromatic rings. The Hall–Kier alpha value is -1.47. The fourth-order valence-electron chi connectivity index (χ4n) is 2.33. The van der Waals surface area contributed by atoms with Crippen molar-refractivity contribution in [1.29, 1.82) is 0 Å². The van der Waals surface area contributed by atoms with E-state index in [1.54, 1.807) is 6.07 Å². The summed E-state index contributed by atoms with van der Waals surface area (Å²) in [5, 5.41) is 23.2. The van der Waals surface area contributed by atoms with Gasteiger partial charge in [-0.15, -0.1) is 0 Å². The normalized spacial score (nSPS) is 22.3. The van der Waals surface area contributed by atoms with Gasteiger partial charge in [0.05, 0.1) is 11.0 Å². The molecule has 1 aliphatic carbocycles. The number of benzene rings is 1. The van der Waals surface area contributed by atoms with Crippen LogP contribution in [0.25, 0.3) is 0 Å². The van der Waals surface area contributed by atoms with E-state index in [9.17, 15) is 20.0 Å². The molecule has 1 aliphatic rings. The molecule has 2 N–H and O–H groups in total. The largest absolute Gasteiger partial charge is 0.393 e. The summed E-state index contributed by atoms with van der Waals surface area (Å²) < 4.78 is 0.557. The molecule has 1 amide bonds. The summed E-state index contributed by atoms with van der Waals surface area (Å²) in [6.07, 6.45) is 2.38. The highest BCUT2D eigenvalue weighted by atomic mass is 79.9. The average Bonchev–Trinajstić information content (AvgIpc) is 2.41. The predicted molar refractivity (Wildman–Crippen MR) is 76.5 cm³/mol. The van der Waals surface area contributed by atoms with Gasteiger partial charge in [0.1, 0.15) is 5.56 Å². The number of nitro groups is 1. The van der Waals surface area contributed by atoms with Gasteiger partial charge in [-0.1, -0.05) is 15.9 Å². The van der Waals surface area contributed by atoms with Gasteiger partial charge >= 0.3 is 0 Å². The number of carbonyl (C=O) groups is 1. The van der Waals surface area contributed by atoms with Crippen molar-refractivity contribution in [3.05, 3.63) is 38.3 Å². The highest BCUT2D eigenvalue weighted by Crippen LogP contribution is 2.24. The van der Waals surface area contributed by atoms with Crippen molar-refractivity contribution < 1.29 is 14.8 Å². The van der Waals surface area contributed by atoms with Crippen LogP contribution in [0.2, 0.25) is 0 Å². The van der Waals surface area contributed by atoms with Crippen LogP contribution in [0, 0.1) is 10.1 Å². The van der Waals surface area contributed by atoms with Crippen LogP contribution in [-0.4, -0.2) is 28.1 Å². The number of rotatable bonds is 3. The number of hydrogen-bond donors (Lipinski definition) is 2. The molecule has 0 bridgehead atoms. The van der Waals surface area contributed by atoms with Crippen LogP contribution in [0.3, 0.4) is 0 Å².